The molecule has 33 heavy (non-hydrogen) atoms. The fraction of sp³-hybridized carbons (Fsp3) is 0.261. The zero-order chi connectivity index (χ0) is 22.8. The van der Waals surface area contributed by atoms with E-state index in [4.69, 9.17) is 10.00 Å². The Bertz CT molecular complexity index is 1330. The van der Waals surface area contributed by atoms with Crippen LogP contribution >= 0.6 is 0 Å². The Morgan fingerprint density at radius 1 is 1.12 bits per heavy atom. The fourth-order valence-corrected chi connectivity index (χ4v) is 3.75. The van der Waals surface area contributed by atoms with Crippen molar-refractivity contribution in [2.24, 2.45) is 7.05 Å². The van der Waals surface area contributed by atoms with Crippen molar-refractivity contribution in [2.45, 2.75) is 6.92 Å². The number of aryl methyl sites for hydroxylation is 2. The molecule has 4 aromatic rings. The average molecular weight is 441 g/mol. The topological polar surface area (TPSA) is 117 Å². The Labute approximate surface area is 190 Å². The van der Waals surface area contributed by atoms with Crippen molar-refractivity contribution in [3.8, 4) is 17.7 Å². The van der Waals surface area contributed by atoms with Crippen LogP contribution in [0, 0.1) is 18.3 Å². The highest BCUT2D eigenvalue weighted by Crippen LogP contribution is 2.31. The van der Waals surface area contributed by atoms with Crippen molar-refractivity contribution in [1.82, 2.24) is 29.8 Å². The number of nitrogens with one attached hydrogen (secondary N) is 2. The van der Waals surface area contributed by atoms with Crippen molar-refractivity contribution < 1.29 is 4.74 Å². The molecule has 1 aliphatic rings. The van der Waals surface area contributed by atoms with E-state index in [1.54, 1.807) is 18.5 Å². The minimum absolute atomic E-state index is 0.340. The number of pyridine rings is 3. The number of ether oxygens (including phenoxy) is 1. The van der Waals surface area contributed by atoms with E-state index in [-0.39, 0.29) is 0 Å². The van der Waals surface area contributed by atoms with E-state index in [9.17, 15) is 0 Å². The third kappa shape index (κ3) is 4.26. The van der Waals surface area contributed by atoms with Crippen LogP contribution in [0.25, 0.3) is 11.2 Å². The van der Waals surface area contributed by atoms with Crippen LogP contribution in [-0.2, 0) is 7.05 Å². The van der Waals surface area contributed by atoms with Crippen molar-refractivity contribution in [3.63, 3.8) is 0 Å². The lowest BCUT2D eigenvalue weighted by Crippen LogP contribution is -2.43. The molecule has 0 spiro atoms. The van der Waals surface area contributed by atoms with Gasteiger partial charge in [0.2, 0.25) is 5.88 Å². The SMILES string of the molecule is Cc1cc(C#N)ncc1Oc1cc(Nc2ccc(N3CCNCC3)cn2)c2ncn(C)c2n1. The fourth-order valence-electron chi connectivity index (χ4n) is 3.75. The molecule has 0 aromatic carbocycles. The van der Waals surface area contributed by atoms with Gasteiger partial charge in [-0.05, 0) is 30.7 Å². The second-order valence-electron chi connectivity index (χ2n) is 7.85. The van der Waals surface area contributed by atoms with Gasteiger partial charge in [0.15, 0.2) is 11.4 Å². The van der Waals surface area contributed by atoms with E-state index < -0.39 is 0 Å². The van der Waals surface area contributed by atoms with Crippen molar-refractivity contribution in [1.29, 1.82) is 5.26 Å². The smallest absolute Gasteiger partial charge is 0.223 e. The highest BCUT2D eigenvalue weighted by atomic mass is 16.5. The Kier molecular flexibility index (Phi) is 5.46. The average Bonchev–Trinajstić information content (AvgIpc) is 3.22. The highest BCUT2D eigenvalue weighted by molar-refractivity contribution is 5.88. The van der Waals surface area contributed by atoms with E-state index >= 15 is 0 Å². The van der Waals surface area contributed by atoms with Crippen LogP contribution in [-0.4, -0.2) is 50.7 Å². The molecule has 166 valence electrons. The van der Waals surface area contributed by atoms with Crippen LogP contribution in [0.2, 0.25) is 0 Å². The summed E-state index contributed by atoms with van der Waals surface area (Å²) in [7, 11) is 1.88. The Morgan fingerprint density at radius 3 is 2.70 bits per heavy atom. The van der Waals surface area contributed by atoms with E-state index in [1.807, 2.05) is 36.9 Å². The maximum atomic E-state index is 9.04. The zero-order valence-corrected chi connectivity index (χ0v) is 18.4. The van der Waals surface area contributed by atoms with E-state index in [1.165, 1.54) is 6.20 Å². The Morgan fingerprint density at radius 2 is 1.97 bits per heavy atom. The molecule has 5 rings (SSSR count). The number of aromatic nitrogens is 5. The molecule has 1 fully saturated rings. The molecule has 0 saturated carbocycles. The summed E-state index contributed by atoms with van der Waals surface area (Å²) in [6.45, 7) is 5.76. The lowest BCUT2D eigenvalue weighted by Gasteiger charge is -2.29. The maximum absolute atomic E-state index is 9.04. The lowest BCUT2D eigenvalue weighted by atomic mass is 10.2. The molecule has 0 amide bonds. The summed E-state index contributed by atoms with van der Waals surface area (Å²) in [5.41, 5.74) is 4.37. The second kappa shape index (κ2) is 8.72. The number of rotatable bonds is 5. The quantitative estimate of drug-likeness (QED) is 0.482. The van der Waals surface area contributed by atoms with Gasteiger partial charge in [-0.2, -0.15) is 10.2 Å². The molecule has 10 nitrogen and oxygen atoms in total. The van der Waals surface area contributed by atoms with E-state index in [0.717, 1.165) is 43.1 Å². The summed E-state index contributed by atoms with van der Waals surface area (Å²) in [6, 6.07) is 9.53. The van der Waals surface area contributed by atoms with Gasteiger partial charge < -0.3 is 24.8 Å². The first-order chi connectivity index (χ1) is 16.1. The van der Waals surface area contributed by atoms with Gasteiger partial charge in [0.25, 0.3) is 0 Å². The first kappa shape index (κ1) is 20.7. The first-order valence-electron chi connectivity index (χ1n) is 10.7. The highest BCUT2D eigenvalue weighted by Gasteiger charge is 2.15. The van der Waals surface area contributed by atoms with Gasteiger partial charge in [-0.25, -0.2) is 15.0 Å². The van der Waals surface area contributed by atoms with Gasteiger partial charge in [0, 0.05) is 39.3 Å². The second-order valence-corrected chi connectivity index (χ2v) is 7.85. The Hall–Kier alpha value is -4.23. The summed E-state index contributed by atoms with van der Waals surface area (Å²) in [5.74, 6) is 1.63. The van der Waals surface area contributed by atoms with E-state index in [2.05, 4.69) is 41.5 Å². The molecular formula is C23H23N9O. The van der Waals surface area contributed by atoms with Gasteiger partial charge in [-0.3, -0.25) is 0 Å². The molecule has 2 N–H and O–H groups in total. The number of anilines is 3. The number of hydrogen-bond donors (Lipinski definition) is 2. The maximum Gasteiger partial charge on any atom is 0.223 e. The number of fused-ring (bicyclic) bond motifs is 1. The molecule has 0 aliphatic carbocycles. The largest absolute Gasteiger partial charge is 0.437 e. The van der Waals surface area contributed by atoms with Gasteiger partial charge in [0.05, 0.1) is 30.1 Å². The summed E-state index contributed by atoms with van der Waals surface area (Å²) in [5, 5.41) is 15.8. The van der Waals surface area contributed by atoms with Gasteiger partial charge >= 0.3 is 0 Å². The van der Waals surface area contributed by atoms with Gasteiger partial charge in [0.1, 0.15) is 23.1 Å². The molecule has 1 aliphatic heterocycles. The number of imidazole rings is 1. The normalized spacial score (nSPS) is 13.7. The summed E-state index contributed by atoms with van der Waals surface area (Å²) >= 11 is 0. The number of piperazine rings is 1. The molecule has 5 heterocycles. The first-order valence-corrected chi connectivity index (χ1v) is 10.7. The third-order valence-electron chi connectivity index (χ3n) is 5.53. The standard InChI is InChI=1S/C23H23N9O/c1-15-9-16(11-24)26-13-19(15)33-21-10-18(22-23(30-21)31(2)14-28-22)29-20-4-3-17(12-27-20)32-7-5-25-6-8-32/h3-4,9-10,12-14,25H,5-8H2,1-2H3,(H,27,29,30). The molecule has 1 saturated heterocycles. The predicted molar refractivity (Wildman–Crippen MR) is 125 cm³/mol. The number of nitriles is 1. The summed E-state index contributed by atoms with van der Waals surface area (Å²) < 4.78 is 7.85. The molecular weight excluding hydrogens is 418 g/mol. The minimum atomic E-state index is 0.340. The van der Waals surface area contributed by atoms with Crippen LogP contribution in [0.3, 0.4) is 0 Å². The van der Waals surface area contributed by atoms with Crippen molar-refractivity contribution in [2.75, 3.05) is 36.4 Å². The van der Waals surface area contributed by atoms with Crippen molar-refractivity contribution in [3.05, 3.63) is 54.2 Å². The molecule has 0 radical (unpaired) electrons. The molecule has 0 unspecified atom stereocenters. The van der Waals surface area contributed by atoms with Crippen LogP contribution in [0.15, 0.2) is 43.0 Å². The minimum Gasteiger partial charge on any atom is -0.437 e. The predicted octanol–water partition coefficient (Wildman–Crippen LogP) is 2.88. The number of hydrogen-bond acceptors (Lipinski definition) is 9. The van der Waals surface area contributed by atoms with Crippen LogP contribution in [0.1, 0.15) is 11.3 Å². The summed E-state index contributed by atoms with van der Waals surface area (Å²) in [6.07, 6.45) is 5.13. The van der Waals surface area contributed by atoms with Crippen molar-refractivity contribution >= 4 is 28.4 Å². The molecule has 0 atom stereocenters. The van der Waals surface area contributed by atoms with Crippen LogP contribution in [0.5, 0.6) is 11.6 Å². The number of nitrogens with zero attached hydrogens (tertiary/aromatic N) is 7. The zero-order valence-electron chi connectivity index (χ0n) is 18.4. The Balaban J connectivity index is 1.43. The molecule has 4 aromatic heterocycles. The monoisotopic (exact) mass is 441 g/mol. The van der Waals surface area contributed by atoms with Crippen LogP contribution in [0.4, 0.5) is 17.2 Å². The molecule has 0 bridgehead atoms. The third-order valence-corrected chi connectivity index (χ3v) is 5.53. The van der Waals surface area contributed by atoms with E-state index in [0.29, 0.717) is 34.3 Å². The molecule has 10 heteroatoms. The summed E-state index contributed by atoms with van der Waals surface area (Å²) in [4.78, 5) is 20.1. The van der Waals surface area contributed by atoms with Gasteiger partial charge in [-0.15, -0.1) is 0 Å². The lowest BCUT2D eigenvalue weighted by molar-refractivity contribution is 0.459. The van der Waals surface area contributed by atoms with Gasteiger partial charge in [-0.1, -0.05) is 0 Å². The van der Waals surface area contributed by atoms with Crippen LogP contribution < -0.4 is 20.3 Å².